The smallest absolute Gasteiger partial charge is 0.407 e. The lowest BCUT2D eigenvalue weighted by atomic mass is 10.1. The van der Waals surface area contributed by atoms with Gasteiger partial charge in [-0.05, 0) is 11.6 Å². The van der Waals surface area contributed by atoms with Crippen LogP contribution in [0.1, 0.15) is 17.2 Å². The van der Waals surface area contributed by atoms with Gasteiger partial charge >= 0.3 is 6.09 Å². The zero-order valence-corrected chi connectivity index (χ0v) is 12.5. The van der Waals surface area contributed by atoms with Gasteiger partial charge in [-0.3, -0.25) is 0 Å². The van der Waals surface area contributed by atoms with Crippen molar-refractivity contribution in [2.24, 2.45) is 0 Å². The van der Waals surface area contributed by atoms with E-state index in [1.165, 1.54) is 0 Å². The Morgan fingerprint density at radius 3 is 2.62 bits per heavy atom. The summed E-state index contributed by atoms with van der Waals surface area (Å²) in [4.78, 5) is 14.6. The summed E-state index contributed by atoms with van der Waals surface area (Å²) >= 11 is 0. The highest BCUT2D eigenvalue weighted by Crippen LogP contribution is 2.17. The van der Waals surface area contributed by atoms with Gasteiger partial charge in [-0.25, -0.2) is 14.2 Å². The van der Waals surface area contributed by atoms with E-state index in [1.807, 2.05) is 6.07 Å². The van der Waals surface area contributed by atoms with Gasteiger partial charge in [0.25, 0.3) is 0 Å². The fourth-order valence-electron chi connectivity index (χ4n) is 1.89. The molecule has 0 fully saturated rings. The molecule has 1 aromatic carbocycles. The quantitative estimate of drug-likeness (QED) is 0.697. The summed E-state index contributed by atoms with van der Waals surface area (Å²) in [5, 5.41) is 21.9. The first-order chi connectivity index (χ1) is 11.5. The van der Waals surface area contributed by atoms with Crippen LogP contribution >= 0.6 is 0 Å². The standard InChI is InChI=1S/C16H16F2N2O4/c17-12-6-11(7-19-15(12)18)14(22)13(21)8-20-16(23)24-9-10-4-2-1-3-5-10/h1-7,13-14,21-22H,8-9H2,(H,20,23). The summed E-state index contributed by atoms with van der Waals surface area (Å²) in [7, 11) is 0. The van der Waals surface area contributed by atoms with Gasteiger partial charge in [0.2, 0.25) is 5.95 Å². The maximum absolute atomic E-state index is 13.1. The maximum Gasteiger partial charge on any atom is 0.407 e. The van der Waals surface area contributed by atoms with Gasteiger partial charge in [-0.2, -0.15) is 4.39 Å². The molecule has 0 spiro atoms. The molecule has 0 aliphatic heterocycles. The molecular weight excluding hydrogens is 322 g/mol. The average molecular weight is 338 g/mol. The molecule has 0 saturated carbocycles. The number of nitrogens with one attached hydrogen (secondary N) is 1. The summed E-state index contributed by atoms with van der Waals surface area (Å²) in [5.41, 5.74) is 0.682. The van der Waals surface area contributed by atoms with Crippen LogP contribution in [0.4, 0.5) is 13.6 Å². The Morgan fingerprint density at radius 2 is 1.96 bits per heavy atom. The van der Waals surface area contributed by atoms with E-state index in [0.717, 1.165) is 17.8 Å². The normalized spacial score (nSPS) is 13.2. The Balaban J connectivity index is 1.80. The van der Waals surface area contributed by atoms with E-state index in [1.54, 1.807) is 24.3 Å². The molecule has 0 radical (unpaired) electrons. The first-order valence-electron chi connectivity index (χ1n) is 7.09. The highest BCUT2D eigenvalue weighted by molar-refractivity contribution is 5.67. The number of alkyl carbamates (subject to hydrolysis) is 1. The van der Waals surface area contributed by atoms with Crippen molar-refractivity contribution < 1.29 is 28.5 Å². The predicted molar refractivity (Wildman–Crippen MR) is 79.7 cm³/mol. The topological polar surface area (TPSA) is 91.7 Å². The number of hydrogen-bond donors (Lipinski definition) is 3. The monoisotopic (exact) mass is 338 g/mol. The Morgan fingerprint density at radius 1 is 1.25 bits per heavy atom. The number of aliphatic hydroxyl groups is 2. The number of rotatable bonds is 6. The van der Waals surface area contributed by atoms with Crippen LogP contribution < -0.4 is 5.32 Å². The van der Waals surface area contributed by atoms with Crippen LogP contribution in [0.3, 0.4) is 0 Å². The van der Waals surface area contributed by atoms with Gasteiger partial charge in [-0.1, -0.05) is 30.3 Å². The molecule has 8 heteroatoms. The Labute approximate surface area is 136 Å². The summed E-state index contributed by atoms with van der Waals surface area (Å²) in [6.45, 7) is -0.286. The number of halogens is 2. The lowest BCUT2D eigenvalue weighted by Crippen LogP contribution is -2.35. The minimum absolute atomic E-state index is 0.0540. The highest BCUT2D eigenvalue weighted by atomic mass is 19.2. The van der Waals surface area contributed by atoms with Crippen molar-refractivity contribution in [2.45, 2.75) is 18.8 Å². The van der Waals surface area contributed by atoms with E-state index in [9.17, 15) is 23.8 Å². The molecule has 1 aromatic heterocycles. The first-order valence-corrected chi connectivity index (χ1v) is 7.09. The van der Waals surface area contributed by atoms with Gasteiger partial charge in [-0.15, -0.1) is 0 Å². The Hall–Kier alpha value is -2.58. The van der Waals surface area contributed by atoms with Crippen molar-refractivity contribution >= 4 is 6.09 Å². The van der Waals surface area contributed by atoms with Crippen LogP contribution in [-0.2, 0) is 11.3 Å². The van der Waals surface area contributed by atoms with Crippen LogP contribution in [0.15, 0.2) is 42.6 Å². The number of pyridine rings is 1. The third-order valence-electron chi connectivity index (χ3n) is 3.19. The minimum atomic E-state index is -1.54. The number of nitrogens with zero attached hydrogens (tertiary/aromatic N) is 1. The van der Waals surface area contributed by atoms with E-state index >= 15 is 0 Å². The van der Waals surface area contributed by atoms with Crippen molar-refractivity contribution in [1.82, 2.24) is 10.3 Å². The molecule has 0 aliphatic rings. The van der Waals surface area contributed by atoms with Crippen molar-refractivity contribution in [3.05, 3.63) is 65.5 Å². The zero-order chi connectivity index (χ0) is 17.5. The number of carbonyl (C=O) groups is 1. The second-order valence-electron chi connectivity index (χ2n) is 5.00. The van der Waals surface area contributed by atoms with Gasteiger partial charge < -0.3 is 20.3 Å². The highest BCUT2D eigenvalue weighted by Gasteiger charge is 2.21. The van der Waals surface area contributed by atoms with Gasteiger partial charge in [0.15, 0.2) is 5.82 Å². The third kappa shape index (κ3) is 4.97. The van der Waals surface area contributed by atoms with Crippen molar-refractivity contribution in [3.63, 3.8) is 0 Å². The molecule has 2 atom stereocenters. The summed E-state index contributed by atoms with van der Waals surface area (Å²) in [5.74, 6) is -2.54. The second-order valence-corrected chi connectivity index (χ2v) is 5.00. The SMILES string of the molecule is O=C(NCC(O)C(O)c1cnc(F)c(F)c1)OCc1ccccc1. The van der Waals surface area contributed by atoms with Crippen molar-refractivity contribution in [1.29, 1.82) is 0 Å². The number of aromatic nitrogens is 1. The molecule has 6 nitrogen and oxygen atoms in total. The number of carbonyl (C=O) groups excluding carboxylic acids is 1. The largest absolute Gasteiger partial charge is 0.445 e. The van der Waals surface area contributed by atoms with Crippen LogP contribution in [0, 0.1) is 11.8 Å². The number of ether oxygens (including phenoxy) is 1. The van der Waals surface area contributed by atoms with Gasteiger partial charge in [0.05, 0.1) is 0 Å². The molecule has 0 aliphatic carbocycles. The molecule has 128 valence electrons. The van der Waals surface area contributed by atoms with Gasteiger partial charge in [0.1, 0.15) is 18.8 Å². The molecule has 2 aromatic rings. The molecule has 0 saturated heterocycles. The molecule has 1 amide bonds. The lowest BCUT2D eigenvalue weighted by molar-refractivity contribution is 0.0179. The van der Waals surface area contributed by atoms with Crippen LogP contribution in [0.25, 0.3) is 0 Å². The summed E-state index contributed by atoms with van der Waals surface area (Å²) in [6, 6.07) is 9.71. The average Bonchev–Trinajstić information content (AvgIpc) is 2.60. The van der Waals surface area contributed by atoms with E-state index in [4.69, 9.17) is 4.74 Å². The maximum atomic E-state index is 13.1. The Bertz CT molecular complexity index is 685. The van der Waals surface area contributed by atoms with Crippen LogP contribution in [0.5, 0.6) is 0 Å². The molecule has 2 unspecified atom stereocenters. The molecule has 3 N–H and O–H groups in total. The molecule has 0 bridgehead atoms. The van der Waals surface area contributed by atoms with Gasteiger partial charge in [0, 0.05) is 18.3 Å². The summed E-state index contributed by atoms with van der Waals surface area (Å²) in [6.07, 6.45) is -2.86. The van der Waals surface area contributed by atoms with Crippen LogP contribution in [0.2, 0.25) is 0 Å². The van der Waals surface area contributed by atoms with Crippen molar-refractivity contribution in [3.8, 4) is 0 Å². The molecule has 1 heterocycles. The van der Waals surface area contributed by atoms with E-state index in [0.29, 0.717) is 0 Å². The third-order valence-corrected chi connectivity index (χ3v) is 3.19. The zero-order valence-electron chi connectivity index (χ0n) is 12.5. The van der Waals surface area contributed by atoms with E-state index in [2.05, 4.69) is 10.3 Å². The van der Waals surface area contributed by atoms with E-state index < -0.39 is 30.1 Å². The lowest BCUT2D eigenvalue weighted by Gasteiger charge is -2.18. The minimum Gasteiger partial charge on any atom is -0.445 e. The number of benzene rings is 1. The fraction of sp³-hybridized carbons (Fsp3) is 0.250. The second kappa shape index (κ2) is 8.32. The van der Waals surface area contributed by atoms with E-state index in [-0.39, 0.29) is 18.7 Å². The fourth-order valence-corrected chi connectivity index (χ4v) is 1.89. The van der Waals surface area contributed by atoms with Crippen LogP contribution in [-0.4, -0.2) is 33.9 Å². The Kier molecular flexibility index (Phi) is 6.16. The first kappa shape index (κ1) is 17.8. The summed E-state index contributed by atoms with van der Waals surface area (Å²) < 4.78 is 30.7. The molecule has 2 rings (SSSR count). The van der Waals surface area contributed by atoms with Crippen molar-refractivity contribution in [2.75, 3.05) is 6.54 Å². The predicted octanol–water partition coefficient (Wildman–Crippen LogP) is 1.68. The number of hydrogen-bond acceptors (Lipinski definition) is 5. The molecular formula is C16H16F2N2O4. The number of amides is 1. The molecule has 24 heavy (non-hydrogen) atoms. The number of aliphatic hydroxyl groups excluding tert-OH is 2.